The Morgan fingerprint density at radius 1 is 0.903 bits per heavy atom. The first-order chi connectivity index (χ1) is 15.1. The van der Waals surface area contributed by atoms with Crippen molar-refractivity contribution in [1.29, 1.82) is 0 Å². The summed E-state index contributed by atoms with van der Waals surface area (Å²) >= 11 is 0. The van der Waals surface area contributed by atoms with E-state index in [0.29, 0.717) is 24.5 Å². The van der Waals surface area contributed by atoms with Gasteiger partial charge in [-0.3, -0.25) is 15.1 Å². The third-order valence-corrected chi connectivity index (χ3v) is 4.49. The Labute approximate surface area is 181 Å². The highest BCUT2D eigenvalue weighted by molar-refractivity contribution is 5.67. The molecule has 0 amide bonds. The van der Waals surface area contributed by atoms with Crippen LogP contribution in [0.25, 0.3) is 5.70 Å². The number of hydroxylamine groups is 1. The molecule has 6 heteroatoms. The van der Waals surface area contributed by atoms with Gasteiger partial charge >= 0.3 is 5.97 Å². The Balaban J connectivity index is 1.53. The average Bonchev–Trinajstić information content (AvgIpc) is 2.81. The minimum atomic E-state index is -0.797. The molecule has 0 fully saturated rings. The number of aryl methyl sites for hydroxylation is 1. The largest absolute Gasteiger partial charge is 0.489 e. The fourth-order valence-corrected chi connectivity index (χ4v) is 2.84. The second-order valence-electron chi connectivity index (χ2n) is 6.79. The maximum Gasteiger partial charge on any atom is 0.303 e. The lowest BCUT2D eigenvalue weighted by atomic mass is 10.1. The molecule has 0 spiro atoms. The highest BCUT2D eigenvalue weighted by Crippen LogP contribution is 2.18. The van der Waals surface area contributed by atoms with Crippen molar-refractivity contribution in [3.05, 3.63) is 102 Å². The summed E-state index contributed by atoms with van der Waals surface area (Å²) in [4.78, 5) is 15.7. The molecule has 0 saturated carbocycles. The van der Waals surface area contributed by atoms with Crippen molar-refractivity contribution in [2.75, 3.05) is 7.11 Å². The lowest BCUT2D eigenvalue weighted by Crippen LogP contribution is -2.11. The Kier molecular flexibility index (Phi) is 8.08. The molecule has 0 heterocycles. The molecule has 3 rings (SSSR count). The number of aliphatic carboxylic acids is 1. The van der Waals surface area contributed by atoms with Gasteiger partial charge < -0.3 is 14.6 Å². The lowest BCUT2D eigenvalue weighted by molar-refractivity contribution is -0.136. The van der Waals surface area contributed by atoms with Gasteiger partial charge in [-0.15, -0.1) is 0 Å². The van der Waals surface area contributed by atoms with Gasteiger partial charge in [0.15, 0.2) is 0 Å². The molecule has 3 aromatic carbocycles. The standard InChI is InChI=1S/C25H25NO5/c1-29-26-24(21-5-3-2-4-6-21)18-31-23-14-9-20(10-15-23)17-30-22-12-7-19(8-13-22)11-16-25(27)28/h2-10,12-15,18,26H,11,16-17H2,1H3,(H,27,28). The van der Waals surface area contributed by atoms with Gasteiger partial charge in [-0.25, -0.2) is 0 Å². The van der Waals surface area contributed by atoms with Crippen LogP contribution in [0.1, 0.15) is 23.1 Å². The minimum Gasteiger partial charge on any atom is -0.489 e. The van der Waals surface area contributed by atoms with Gasteiger partial charge in [-0.05, 0) is 41.8 Å². The van der Waals surface area contributed by atoms with Crippen molar-refractivity contribution in [3.63, 3.8) is 0 Å². The van der Waals surface area contributed by atoms with Crippen LogP contribution in [-0.2, 0) is 22.7 Å². The smallest absolute Gasteiger partial charge is 0.303 e. The molecule has 3 aromatic rings. The highest BCUT2D eigenvalue weighted by Gasteiger charge is 2.03. The van der Waals surface area contributed by atoms with Crippen LogP contribution in [0.2, 0.25) is 0 Å². The number of rotatable bonds is 11. The normalized spacial score (nSPS) is 11.1. The van der Waals surface area contributed by atoms with Crippen LogP contribution in [0, 0.1) is 0 Å². The molecule has 0 atom stereocenters. The number of carbonyl (C=O) groups is 1. The quantitative estimate of drug-likeness (QED) is 0.343. The molecule has 0 unspecified atom stereocenters. The monoisotopic (exact) mass is 419 g/mol. The molecule has 0 aromatic heterocycles. The second kappa shape index (κ2) is 11.4. The zero-order chi connectivity index (χ0) is 21.9. The maximum atomic E-state index is 10.6. The maximum absolute atomic E-state index is 10.6. The van der Waals surface area contributed by atoms with Crippen LogP contribution in [0.3, 0.4) is 0 Å². The summed E-state index contributed by atoms with van der Waals surface area (Å²) in [5.74, 6) is 0.632. The molecule has 0 aliphatic rings. The van der Waals surface area contributed by atoms with Gasteiger partial charge in [0.05, 0.1) is 7.11 Å². The Hall–Kier alpha value is -3.77. The fraction of sp³-hybridized carbons (Fsp3) is 0.160. The number of hydrogen-bond acceptors (Lipinski definition) is 5. The number of ether oxygens (including phenoxy) is 2. The summed E-state index contributed by atoms with van der Waals surface area (Å²) in [7, 11) is 1.55. The van der Waals surface area contributed by atoms with Gasteiger partial charge in [-0.2, -0.15) is 0 Å². The van der Waals surface area contributed by atoms with E-state index in [0.717, 1.165) is 22.4 Å². The number of carboxylic acids is 1. The number of carboxylic acid groups (broad SMARTS) is 1. The molecule has 31 heavy (non-hydrogen) atoms. The number of nitrogens with one attached hydrogen (secondary N) is 1. The van der Waals surface area contributed by atoms with Crippen molar-refractivity contribution in [1.82, 2.24) is 5.48 Å². The third-order valence-electron chi connectivity index (χ3n) is 4.49. The van der Waals surface area contributed by atoms with Crippen molar-refractivity contribution >= 4 is 11.7 Å². The van der Waals surface area contributed by atoms with Gasteiger partial charge in [0.2, 0.25) is 0 Å². The minimum absolute atomic E-state index is 0.123. The summed E-state index contributed by atoms with van der Waals surface area (Å²) < 4.78 is 11.6. The molecular formula is C25H25NO5. The molecule has 0 radical (unpaired) electrons. The van der Waals surface area contributed by atoms with Crippen LogP contribution >= 0.6 is 0 Å². The van der Waals surface area contributed by atoms with E-state index >= 15 is 0 Å². The van der Waals surface area contributed by atoms with Gasteiger partial charge in [0.25, 0.3) is 0 Å². The Bertz CT molecular complexity index is 983. The van der Waals surface area contributed by atoms with E-state index < -0.39 is 5.97 Å². The number of benzene rings is 3. The van der Waals surface area contributed by atoms with Gasteiger partial charge in [-0.1, -0.05) is 54.6 Å². The van der Waals surface area contributed by atoms with E-state index in [1.807, 2.05) is 78.9 Å². The van der Waals surface area contributed by atoms with Crippen LogP contribution in [-0.4, -0.2) is 18.2 Å². The van der Waals surface area contributed by atoms with Gasteiger partial charge in [0.1, 0.15) is 30.1 Å². The summed E-state index contributed by atoms with van der Waals surface area (Å²) in [6.45, 7) is 0.422. The topological polar surface area (TPSA) is 77.0 Å². The molecule has 0 aliphatic carbocycles. The Morgan fingerprint density at radius 2 is 1.55 bits per heavy atom. The summed E-state index contributed by atoms with van der Waals surface area (Å²) in [5, 5.41) is 8.75. The van der Waals surface area contributed by atoms with E-state index in [1.54, 1.807) is 13.4 Å². The predicted molar refractivity (Wildman–Crippen MR) is 118 cm³/mol. The molecule has 6 nitrogen and oxygen atoms in total. The summed E-state index contributed by atoms with van der Waals surface area (Å²) in [6.07, 6.45) is 2.24. The zero-order valence-corrected chi connectivity index (χ0v) is 17.3. The first-order valence-electron chi connectivity index (χ1n) is 9.88. The molecule has 2 N–H and O–H groups in total. The summed E-state index contributed by atoms with van der Waals surface area (Å²) in [5.41, 5.74) is 6.46. The van der Waals surface area contributed by atoms with E-state index in [2.05, 4.69) is 5.48 Å². The number of hydrogen-bond donors (Lipinski definition) is 2. The molecule has 0 aliphatic heterocycles. The molecular weight excluding hydrogens is 394 g/mol. The second-order valence-corrected chi connectivity index (χ2v) is 6.79. The zero-order valence-electron chi connectivity index (χ0n) is 17.3. The van der Waals surface area contributed by atoms with Crippen molar-refractivity contribution in [3.8, 4) is 11.5 Å². The first kappa shape index (κ1) is 21.9. The SMILES string of the molecule is CONC(=COc1ccc(COc2ccc(CCC(=O)O)cc2)cc1)c1ccccc1. The van der Waals surface area contributed by atoms with Crippen molar-refractivity contribution < 1.29 is 24.2 Å². The van der Waals surface area contributed by atoms with E-state index in [9.17, 15) is 4.79 Å². The van der Waals surface area contributed by atoms with Gasteiger partial charge in [0, 0.05) is 12.0 Å². The van der Waals surface area contributed by atoms with E-state index in [1.165, 1.54) is 0 Å². The molecule has 160 valence electrons. The van der Waals surface area contributed by atoms with Crippen LogP contribution in [0.15, 0.2) is 85.1 Å². The third kappa shape index (κ3) is 7.21. The molecule has 0 saturated heterocycles. The highest BCUT2D eigenvalue weighted by atomic mass is 16.6. The van der Waals surface area contributed by atoms with E-state index in [4.69, 9.17) is 19.4 Å². The average molecular weight is 419 g/mol. The molecule has 0 bridgehead atoms. The van der Waals surface area contributed by atoms with Crippen LogP contribution in [0.4, 0.5) is 0 Å². The van der Waals surface area contributed by atoms with Crippen molar-refractivity contribution in [2.24, 2.45) is 0 Å². The Morgan fingerprint density at radius 3 is 2.19 bits per heavy atom. The fourth-order valence-electron chi connectivity index (χ4n) is 2.84. The lowest BCUT2D eigenvalue weighted by Gasteiger charge is -2.10. The van der Waals surface area contributed by atoms with E-state index in [-0.39, 0.29) is 6.42 Å². The van der Waals surface area contributed by atoms with Crippen LogP contribution in [0.5, 0.6) is 11.5 Å². The van der Waals surface area contributed by atoms with Crippen molar-refractivity contribution in [2.45, 2.75) is 19.4 Å². The van der Waals surface area contributed by atoms with Crippen LogP contribution < -0.4 is 15.0 Å². The predicted octanol–water partition coefficient (Wildman–Crippen LogP) is 4.81. The first-order valence-corrected chi connectivity index (χ1v) is 9.88. The summed E-state index contributed by atoms with van der Waals surface area (Å²) in [6, 6.07) is 24.9.